The Labute approximate surface area is 453 Å². The predicted molar refractivity (Wildman–Crippen MR) is 316 cm³/mol. The average Bonchev–Trinajstić information content (AvgIpc) is 3.39. The number of hydrogen-bond acceptors (Lipinski definition) is 6. The van der Waals surface area contributed by atoms with E-state index in [9.17, 15) is 14.4 Å². The predicted octanol–water partition coefficient (Wildman–Crippen LogP) is 21.6. The number of rotatable bonds is 58. The molecule has 0 N–H and O–H groups in total. The second kappa shape index (κ2) is 61.7. The molecule has 424 valence electrons. The van der Waals surface area contributed by atoms with Crippen LogP contribution in [-0.2, 0) is 28.6 Å². The van der Waals surface area contributed by atoms with Gasteiger partial charge in [0.25, 0.3) is 0 Å². The van der Waals surface area contributed by atoms with Crippen LogP contribution in [0, 0.1) is 0 Å². The molecule has 1 atom stereocenters. The van der Waals surface area contributed by atoms with Crippen LogP contribution in [0.4, 0.5) is 0 Å². The van der Waals surface area contributed by atoms with Crippen molar-refractivity contribution < 1.29 is 28.6 Å². The third-order valence-corrected chi connectivity index (χ3v) is 14.0. The molecule has 6 heteroatoms. The third kappa shape index (κ3) is 59.9. The number of esters is 3. The first-order valence-electron chi connectivity index (χ1n) is 31.8. The molecule has 0 heterocycles. The van der Waals surface area contributed by atoms with Gasteiger partial charge in [0.2, 0.25) is 0 Å². The lowest BCUT2D eigenvalue weighted by Crippen LogP contribution is -2.30. The summed E-state index contributed by atoms with van der Waals surface area (Å²) in [5.41, 5.74) is 0. The van der Waals surface area contributed by atoms with Gasteiger partial charge >= 0.3 is 17.9 Å². The van der Waals surface area contributed by atoms with Crippen LogP contribution < -0.4 is 0 Å². The SMILES string of the molecule is CCCCCCC/C=C\C/C=C\C/C=C\CCCCCCCCCCC(=O)OCC(COC(=O)CCCCCCC/C=C\CCCCCCC)OC(=O)CCCCCCCCC/C=C\CCCCCCCCC. The van der Waals surface area contributed by atoms with Crippen molar-refractivity contribution in [1.29, 1.82) is 0 Å². The second-order valence-electron chi connectivity index (χ2n) is 21.3. The van der Waals surface area contributed by atoms with E-state index in [4.69, 9.17) is 14.2 Å². The first-order chi connectivity index (χ1) is 36.0. The standard InChI is InChI=1S/C67H120O6/c1-4-7-10-13-16-19-22-25-28-30-32-33-34-35-36-38-39-42-45-48-51-54-57-60-66(69)72-63-64(62-71-65(68)59-56-53-50-47-44-41-27-24-21-18-15-12-9-6-3)73-67(70)61-58-55-52-49-46-43-40-37-31-29-26-23-20-17-14-11-8-5-2/h22,24-25,27,29-32,34-35,64H,4-21,23,26,28,33,36-63H2,1-3H3/b25-22-,27-24-,31-29-,32-30-,35-34-. The van der Waals surface area contributed by atoms with Crippen LogP contribution in [0.1, 0.15) is 329 Å². The van der Waals surface area contributed by atoms with Gasteiger partial charge in [0.15, 0.2) is 6.10 Å². The first-order valence-corrected chi connectivity index (χ1v) is 31.8. The Bertz CT molecular complexity index is 1310. The molecular weight excluding hydrogens is 901 g/mol. The van der Waals surface area contributed by atoms with Crippen molar-refractivity contribution in [2.75, 3.05) is 13.2 Å². The number of carbonyl (C=O) groups excluding carboxylic acids is 3. The maximum atomic E-state index is 12.9. The largest absolute Gasteiger partial charge is 0.462 e. The fourth-order valence-electron chi connectivity index (χ4n) is 9.15. The minimum Gasteiger partial charge on any atom is -0.462 e. The van der Waals surface area contributed by atoms with Gasteiger partial charge in [0.1, 0.15) is 13.2 Å². The van der Waals surface area contributed by atoms with Gasteiger partial charge in [-0.3, -0.25) is 14.4 Å². The third-order valence-electron chi connectivity index (χ3n) is 14.0. The summed E-state index contributed by atoms with van der Waals surface area (Å²) in [7, 11) is 0. The van der Waals surface area contributed by atoms with Crippen LogP contribution in [0.2, 0.25) is 0 Å². The van der Waals surface area contributed by atoms with Gasteiger partial charge in [-0.15, -0.1) is 0 Å². The van der Waals surface area contributed by atoms with Crippen molar-refractivity contribution in [2.45, 2.75) is 335 Å². The Kier molecular flexibility index (Phi) is 59.2. The van der Waals surface area contributed by atoms with E-state index in [1.165, 1.54) is 205 Å². The average molecular weight is 1020 g/mol. The Morgan fingerprint density at radius 3 is 0.781 bits per heavy atom. The molecule has 0 saturated carbocycles. The molecule has 73 heavy (non-hydrogen) atoms. The number of carbonyl (C=O) groups is 3. The highest BCUT2D eigenvalue weighted by molar-refractivity contribution is 5.71. The minimum atomic E-state index is -0.784. The maximum Gasteiger partial charge on any atom is 0.306 e. The zero-order valence-electron chi connectivity index (χ0n) is 48.7. The molecule has 0 aromatic heterocycles. The summed E-state index contributed by atoms with van der Waals surface area (Å²) in [6, 6.07) is 0. The smallest absolute Gasteiger partial charge is 0.306 e. The highest BCUT2D eigenvalue weighted by Crippen LogP contribution is 2.16. The molecule has 6 nitrogen and oxygen atoms in total. The van der Waals surface area contributed by atoms with Crippen molar-refractivity contribution in [3.63, 3.8) is 0 Å². The number of unbranched alkanes of at least 4 members (excludes halogenated alkanes) is 37. The van der Waals surface area contributed by atoms with Crippen LogP contribution in [0.15, 0.2) is 60.8 Å². The Morgan fingerprint density at radius 2 is 0.493 bits per heavy atom. The Morgan fingerprint density at radius 1 is 0.274 bits per heavy atom. The summed E-state index contributed by atoms with van der Waals surface area (Å²) < 4.78 is 16.9. The van der Waals surface area contributed by atoms with E-state index in [0.29, 0.717) is 19.3 Å². The van der Waals surface area contributed by atoms with E-state index in [0.717, 1.165) is 83.5 Å². The van der Waals surface area contributed by atoms with E-state index in [2.05, 4.69) is 81.5 Å². The molecule has 1 unspecified atom stereocenters. The van der Waals surface area contributed by atoms with Crippen molar-refractivity contribution in [3.05, 3.63) is 60.8 Å². The summed E-state index contributed by atoms with van der Waals surface area (Å²) in [6.07, 6.45) is 77.9. The summed E-state index contributed by atoms with van der Waals surface area (Å²) in [6.45, 7) is 6.64. The first kappa shape index (κ1) is 70.1. The fourth-order valence-corrected chi connectivity index (χ4v) is 9.15. The molecule has 0 radical (unpaired) electrons. The van der Waals surface area contributed by atoms with Gasteiger partial charge in [-0.05, 0) is 109 Å². The van der Waals surface area contributed by atoms with Crippen molar-refractivity contribution in [3.8, 4) is 0 Å². The van der Waals surface area contributed by atoms with Crippen molar-refractivity contribution in [2.24, 2.45) is 0 Å². The second-order valence-corrected chi connectivity index (χ2v) is 21.3. The molecule has 0 fully saturated rings. The molecule has 0 saturated heterocycles. The van der Waals surface area contributed by atoms with Crippen LogP contribution in [0.25, 0.3) is 0 Å². The summed E-state index contributed by atoms with van der Waals surface area (Å²) in [4.78, 5) is 38.3. The van der Waals surface area contributed by atoms with Crippen LogP contribution in [0.3, 0.4) is 0 Å². The lowest BCUT2D eigenvalue weighted by molar-refractivity contribution is -0.167. The summed E-state index contributed by atoms with van der Waals surface area (Å²) in [5, 5.41) is 0. The zero-order chi connectivity index (χ0) is 52.9. The molecule has 0 spiro atoms. The Balaban J connectivity index is 4.35. The van der Waals surface area contributed by atoms with Gasteiger partial charge in [-0.2, -0.15) is 0 Å². The van der Waals surface area contributed by atoms with Gasteiger partial charge in [-0.25, -0.2) is 0 Å². The molecule has 0 rings (SSSR count). The van der Waals surface area contributed by atoms with Gasteiger partial charge in [0, 0.05) is 19.3 Å². The van der Waals surface area contributed by atoms with Crippen molar-refractivity contribution in [1.82, 2.24) is 0 Å². The minimum absolute atomic E-state index is 0.0810. The van der Waals surface area contributed by atoms with E-state index in [-0.39, 0.29) is 31.1 Å². The molecule has 0 aromatic rings. The van der Waals surface area contributed by atoms with E-state index < -0.39 is 6.10 Å². The lowest BCUT2D eigenvalue weighted by Gasteiger charge is -2.18. The molecule has 0 aromatic carbocycles. The zero-order valence-corrected chi connectivity index (χ0v) is 48.7. The highest BCUT2D eigenvalue weighted by atomic mass is 16.6. The van der Waals surface area contributed by atoms with E-state index in [1.807, 2.05) is 0 Å². The number of allylic oxidation sites excluding steroid dienone is 10. The fraction of sp³-hybridized carbons (Fsp3) is 0.806. The molecule has 0 aliphatic carbocycles. The summed E-state index contributed by atoms with van der Waals surface area (Å²) >= 11 is 0. The lowest BCUT2D eigenvalue weighted by atomic mass is 10.1. The van der Waals surface area contributed by atoms with Crippen LogP contribution >= 0.6 is 0 Å². The molecule has 0 aliphatic rings. The van der Waals surface area contributed by atoms with Gasteiger partial charge in [-0.1, -0.05) is 261 Å². The Hall–Kier alpha value is -2.89. The molecule has 0 aliphatic heterocycles. The van der Waals surface area contributed by atoms with Gasteiger partial charge < -0.3 is 14.2 Å². The normalized spacial score (nSPS) is 12.4. The molecule has 0 amide bonds. The number of hydrogen-bond donors (Lipinski definition) is 0. The topological polar surface area (TPSA) is 78.9 Å². The summed E-state index contributed by atoms with van der Waals surface area (Å²) in [5.74, 6) is -0.885. The maximum absolute atomic E-state index is 12.9. The highest BCUT2D eigenvalue weighted by Gasteiger charge is 2.19. The van der Waals surface area contributed by atoms with Gasteiger partial charge in [0.05, 0.1) is 0 Å². The molecular formula is C67H120O6. The van der Waals surface area contributed by atoms with Crippen LogP contribution in [-0.4, -0.2) is 37.2 Å². The monoisotopic (exact) mass is 1020 g/mol. The van der Waals surface area contributed by atoms with Crippen LogP contribution in [0.5, 0.6) is 0 Å². The quantitative estimate of drug-likeness (QED) is 0.0261. The van der Waals surface area contributed by atoms with Crippen molar-refractivity contribution >= 4 is 17.9 Å². The van der Waals surface area contributed by atoms with E-state index >= 15 is 0 Å². The number of ether oxygens (including phenoxy) is 3. The molecule has 0 bridgehead atoms. The van der Waals surface area contributed by atoms with E-state index in [1.54, 1.807) is 0 Å².